The average Bonchev–Trinajstić information content (AvgIpc) is 3.08. The molecule has 0 amide bonds. The molecule has 0 aliphatic carbocycles. The van der Waals surface area contributed by atoms with E-state index >= 15 is 0 Å². The van der Waals surface area contributed by atoms with Gasteiger partial charge in [-0.25, -0.2) is 4.39 Å². The van der Waals surface area contributed by atoms with E-state index in [1.165, 1.54) is 12.1 Å². The van der Waals surface area contributed by atoms with E-state index in [1.807, 2.05) is 78.9 Å². The molecule has 8 N–H and O–H groups in total. The fraction of sp³-hybridized carbons (Fsp3) is 0. The summed E-state index contributed by atoms with van der Waals surface area (Å²) in [5, 5.41) is 26.8. The van der Waals surface area contributed by atoms with Crippen LogP contribution in [0.5, 0.6) is 0 Å². The van der Waals surface area contributed by atoms with Gasteiger partial charge in [0.05, 0.1) is 9.85 Å². The minimum atomic E-state index is -0.570. The fourth-order valence-electron chi connectivity index (χ4n) is 3.62. The summed E-state index contributed by atoms with van der Waals surface area (Å²) < 4.78 is 12.1. The summed E-state index contributed by atoms with van der Waals surface area (Å²) in [5.41, 5.74) is 22.5. The Bertz CT molecular complexity index is 1870. The van der Waals surface area contributed by atoms with Gasteiger partial charge in [-0.1, -0.05) is 17.4 Å². The number of nitrogen functional groups attached to an aromatic ring is 3. The van der Waals surface area contributed by atoms with Gasteiger partial charge in [-0.3, -0.25) is 20.2 Å². The molecule has 0 heterocycles. The normalized spacial score (nSPS) is 8.96. The van der Waals surface area contributed by atoms with E-state index in [2.05, 4.69) is 22.8 Å². The summed E-state index contributed by atoms with van der Waals surface area (Å²) in [5.74, 6) is -0.467. The maximum atomic E-state index is 12.1. The quantitative estimate of drug-likeness (QED) is 0.0464. The first-order chi connectivity index (χ1) is 23.1. The number of benzene rings is 6. The number of halogens is 1. The van der Waals surface area contributed by atoms with E-state index in [-0.39, 0.29) is 108 Å². The number of hydrogen-bond donors (Lipinski definition) is 5. The van der Waals surface area contributed by atoms with E-state index in [0.717, 1.165) is 64.1 Å². The van der Waals surface area contributed by atoms with Gasteiger partial charge in [0.2, 0.25) is 0 Å². The standard InChI is InChI=1S/C12H13N3.C12H9N2O2.C6H4FNO2.C6H6N.Na.2Y.H/c13-9-4-6-11(7-5-9)15-12-3-1-2-10(14)8-12;15-14(16)12-8-6-11(7-9-12)13-10-4-2-1-3-5-10;7-5-1-3-6(4-2-5)8(9)10;7-6-4-2-1-3-5-6;;;;/h1-8,15H,13-14H2;1-2,4-9,13H;1-4H;1-2,4-5H,7H2;;;;/q;-1;;-1;+1;;;-1. The molecule has 6 aromatic carbocycles. The van der Waals surface area contributed by atoms with E-state index in [4.69, 9.17) is 17.2 Å². The Morgan fingerprint density at radius 2 is 1.00 bits per heavy atom. The SMILES string of the molecule is Nc1c[c-]ccc1.Nc1ccc(Nc2cccc(N)c2)cc1.O=[N+]([O-])c1ccc(F)cc1.O=[N+]([O-])c1ccc(Nc2c[c-]ccc2)cc1.[H-].[Na+].[Y].[Y]. The molecule has 0 saturated heterocycles. The molecule has 0 bridgehead atoms. The topological polar surface area (TPSA) is 188 Å². The van der Waals surface area contributed by atoms with Crippen LogP contribution in [0.1, 0.15) is 1.43 Å². The largest absolute Gasteiger partial charge is 1.00 e. The van der Waals surface area contributed by atoms with Gasteiger partial charge in [0.25, 0.3) is 11.4 Å². The Labute approximate surface area is 369 Å². The minimum Gasteiger partial charge on any atom is -1.00 e. The second-order valence-electron chi connectivity index (χ2n) is 9.66. The summed E-state index contributed by atoms with van der Waals surface area (Å²) in [6.45, 7) is 0. The maximum absolute atomic E-state index is 12.1. The van der Waals surface area contributed by atoms with E-state index < -0.39 is 15.7 Å². The summed E-state index contributed by atoms with van der Waals surface area (Å²) >= 11 is 0. The van der Waals surface area contributed by atoms with Gasteiger partial charge in [0.15, 0.2) is 0 Å². The molecular weight excluding hydrogens is 814 g/mol. The molecule has 0 aromatic heterocycles. The zero-order valence-electron chi connectivity index (χ0n) is 28.6. The average molecular weight is 848 g/mol. The molecule has 6 rings (SSSR count). The van der Waals surface area contributed by atoms with Crippen LogP contribution in [-0.4, -0.2) is 9.85 Å². The fourth-order valence-corrected chi connectivity index (χ4v) is 3.62. The van der Waals surface area contributed by atoms with Crippen molar-refractivity contribution in [2.24, 2.45) is 0 Å². The smallest absolute Gasteiger partial charge is 1.00 e. The zero-order chi connectivity index (χ0) is 34.7. The van der Waals surface area contributed by atoms with Crippen molar-refractivity contribution in [2.45, 2.75) is 0 Å². The Morgan fingerprint density at radius 1 is 0.549 bits per heavy atom. The Kier molecular flexibility index (Phi) is 24.2. The number of nitrogens with one attached hydrogen (secondary N) is 2. The monoisotopic (exact) mass is 847 g/mol. The van der Waals surface area contributed by atoms with E-state index in [9.17, 15) is 24.6 Å². The van der Waals surface area contributed by atoms with Crippen LogP contribution in [0.15, 0.2) is 146 Å². The van der Waals surface area contributed by atoms with Crippen molar-refractivity contribution >= 4 is 51.2 Å². The van der Waals surface area contributed by atoms with Crippen LogP contribution in [0, 0.1) is 38.2 Å². The molecule has 2 radical (unpaired) electrons. The predicted octanol–water partition coefficient (Wildman–Crippen LogP) is 5.65. The molecule has 0 aliphatic heterocycles. The van der Waals surface area contributed by atoms with E-state index in [0.29, 0.717) is 0 Å². The second kappa shape index (κ2) is 26.1. The number of anilines is 7. The molecule has 0 saturated carbocycles. The zero-order valence-corrected chi connectivity index (χ0v) is 35.3. The third kappa shape index (κ3) is 19.4. The van der Waals surface area contributed by atoms with Gasteiger partial charge in [-0.2, -0.15) is 54.6 Å². The van der Waals surface area contributed by atoms with Crippen molar-refractivity contribution in [3.05, 3.63) is 184 Å². The summed E-state index contributed by atoms with van der Waals surface area (Å²) in [4.78, 5) is 19.5. The summed E-state index contributed by atoms with van der Waals surface area (Å²) in [6, 6.07) is 46.2. The van der Waals surface area contributed by atoms with Crippen LogP contribution in [0.25, 0.3) is 0 Å². The van der Waals surface area contributed by atoms with Crippen molar-refractivity contribution in [3.63, 3.8) is 0 Å². The third-order valence-electron chi connectivity index (χ3n) is 5.93. The molecule has 51 heavy (non-hydrogen) atoms. The first-order valence-corrected chi connectivity index (χ1v) is 14.2. The molecule has 252 valence electrons. The minimum absolute atomic E-state index is 0. The maximum Gasteiger partial charge on any atom is 1.00 e. The van der Waals surface area contributed by atoms with Gasteiger partial charge in [-0.15, -0.1) is 6.07 Å². The van der Waals surface area contributed by atoms with Crippen molar-refractivity contribution < 1.29 is 111 Å². The van der Waals surface area contributed by atoms with Crippen LogP contribution < -0.4 is 57.4 Å². The number of nitro groups is 2. The molecule has 15 heteroatoms. The van der Waals surface area contributed by atoms with Crippen molar-refractivity contribution in [1.29, 1.82) is 0 Å². The van der Waals surface area contributed by atoms with Crippen molar-refractivity contribution in [3.8, 4) is 0 Å². The third-order valence-corrected chi connectivity index (χ3v) is 5.93. The van der Waals surface area contributed by atoms with Crippen LogP contribution in [0.4, 0.5) is 55.6 Å². The molecule has 6 aromatic rings. The van der Waals surface area contributed by atoms with Crippen LogP contribution in [0.3, 0.4) is 0 Å². The Balaban J connectivity index is 0. The van der Waals surface area contributed by atoms with Gasteiger partial charge in [0.1, 0.15) is 5.82 Å². The van der Waals surface area contributed by atoms with Gasteiger partial charge < -0.3 is 29.3 Å². The molecular formula is C36H33FN7NaO4Y2-2. The summed E-state index contributed by atoms with van der Waals surface area (Å²) in [6.07, 6.45) is 0. The van der Waals surface area contributed by atoms with E-state index in [1.54, 1.807) is 30.3 Å². The molecule has 0 spiro atoms. The number of nitro benzene ring substituents is 2. The van der Waals surface area contributed by atoms with Crippen molar-refractivity contribution in [1.82, 2.24) is 0 Å². The number of hydrogen-bond acceptors (Lipinski definition) is 9. The van der Waals surface area contributed by atoms with Gasteiger partial charge >= 0.3 is 29.6 Å². The molecule has 0 unspecified atom stereocenters. The van der Waals surface area contributed by atoms with Gasteiger partial charge in [0, 0.05) is 118 Å². The summed E-state index contributed by atoms with van der Waals surface area (Å²) in [7, 11) is 0. The molecule has 0 aliphatic rings. The molecule has 0 atom stereocenters. The van der Waals surface area contributed by atoms with Crippen molar-refractivity contribution in [2.75, 3.05) is 27.8 Å². The van der Waals surface area contributed by atoms with Crippen LogP contribution in [-0.2, 0) is 65.4 Å². The Hall–Kier alpha value is -3.74. The molecule has 11 nitrogen and oxygen atoms in total. The first kappa shape index (κ1) is 47.3. The second-order valence-corrected chi connectivity index (χ2v) is 9.66. The van der Waals surface area contributed by atoms with Gasteiger partial charge in [-0.05, 0) is 66.7 Å². The number of non-ortho nitro benzene ring substituents is 2. The first-order valence-electron chi connectivity index (χ1n) is 14.2. The van der Waals surface area contributed by atoms with Crippen LogP contribution >= 0.6 is 0 Å². The number of rotatable bonds is 6. The Morgan fingerprint density at radius 3 is 1.43 bits per heavy atom. The number of nitrogens with zero attached hydrogens (tertiary/aromatic N) is 2. The predicted molar refractivity (Wildman–Crippen MR) is 191 cm³/mol. The van der Waals surface area contributed by atoms with Crippen LogP contribution in [0.2, 0.25) is 0 Å². The molecule has 0 fully saturated rings. The number of nitrogens with two attached hydrogens (primary N) is 3.